The summed E-state index contributed by atoms with van der Waals surface area (Å²) in [6, 6.07) is 14.1. The molecule has 0 N–H and O–H groups in total. The highest BCUT2D eigenvalue weighted by Gasteiger charge is 2.22. The molecule has 1 aliphatic rings. The SMILES string of the molecule is O=C(CSc1ncc2ccccn12)N1CCSc2ccccc21. The molecule has 4 nitrogen and oxygen atoms in total. The van der Waals surface area contributed by atoms with Crippen LogP contribution in [0.2, 0.25) is 0 Å². The molecule has 0 saturated carbocycles. The smallest absolute Gasteiger partial charge is 0.237 e. The molecule has 23 heavy (non-hydrogen) atoms. The van der Waals surface area contributed by atoms with E-state index >= 15 is 0 Å². The Labute approximate surface area is 142 Å². The van der Waals surface area contributed by atoms with E-state index < -0.39 is 0 Å². The Bertz CT molecular complexity index is 862. The molecule has 1 aromatic carbocycles. The second-order valence-electron chi connectivity index (χ2n) is 5.19. The van der Waals surface area contributed by atoms with Gasteiger partial charge in [0.15, 0.2) is 5.16 Å². The summed E-state index contributed by atoms with van der Waals surface area (Å²) >= 11 is 3.30. The minimum Gasteiger partial charge on any atom is -0.310 e. The van der Waals surface area contributed by atoms with Gasteiger partial charge in [0.25, 0.3) is 0 Å². The average molecular weight is 341 g/mol. The number of benzene rings is 1. The summed E-state index contributed by atoms with van der Waals surface area (Å²) in [4.78, 5) is 20.1. The van der Waals surface area contributed by atoms with Crippen molar-refractivity contribution in [1.82, 2.24) is 9.38 Å². The molecule has 0 bridgehead atoms. The predicted octanol–water partition coefficient (Wildman–Crippen LogP) is 3.57. The van der Waals surface area contributed by atoms with Crippen LogP contribution in [0.25, 0.3) is 5.52 Å². The van der Waals surface area contributed by atoms with Crippen LogP contribution in [0.5, 0.6) is 0 Å². The number of para-hydroxylation sites is 1. The minimum absolute atomic E-state index is 0.135. The summed E-state index contributed by atoms with van der Waals surface area (Å²) in [5.74, 6) is 1.47. The van der Waals surface area contributed by atoms with Gasteiger partial charge in [-0.25, -0.2) is 4.98 Å². The Morgan fingerprint density at radius 2 is 2.09 bits per heavy atom. The molecule has 0 radical (unpaired) electrons. The molecule has 0 spiro atoms. The third-order valence-electron chi connectivity index (χ3n) is 3.76. The molecule has 3 heterocycles. The number of hydrogen-bond acceptors (Lipinski definition) is 4. The lowest BCUT2D eigenvalue weighted by molar-refractivity contribution is -0.116. The van der Waals surface area contributed by atoms with Gasteiger partial charge in [-0.3, -0.25) is 9.20 Å². The number of pyridine rings is 1. The van der Waals surface area contributed by atoms with E-state index in [1.807, 2.05) is 69.9 Å². The number of amides is 1. The molecule has 2 aromatic heterocycles. The molecule has 6 heteroatoms. The van der Waals surface area contributed by atoms with E-state index in [0.29, 0.717) is 5.75 Å². The van der Waals surface area contributed by atoms with Crippen molar-refractivity contribution in [2.45, 2.75) is 10.1 Å². The molecule has 0 unspecified atom stereocenters. The van der Waals surface area contributed by atoms with Gasteiger partial charge in [-0.15, -0.1) is 11.8 Å². The second kappa shape index (κ2) is 6.29. The zero-order chi connectivity index (χ0) is 15.6. The van der Waals surface area contributed by atoms with Crippen LogP contribution in [0, 0.1) is 0 Å². The molecular weight excluding hydrogens is 326 g/mol. The lowest BCUT2D eigenvalue weighted by atomic mass is 10.3. The van der Waals surface area contributed by atoms with E-state index in [1.165, 1.54) is 16.7 Å². The van der Waals surface area contributed by atoms with Crippen molar-refractivity contribution in [3.05, 3.63) is 54.9 Å². The second-order valence-corrected chi connectivity index (χ2v) is 7.27. The van der Waals surface area contributed by atoms with Crippen molar-refractivity contribution in [2.24, 2.45) is 0 Å². The Morgan fingerprint density at radius 3 is 3.04 bits per heavy atom. The zero-order valence-corrected chi connectivity index (χ0v) is 14.0. The van der Waals surface area contributed by atoms with E-state index in [2.05, 4.69) is 11.1 Å². The number of carbonyl (C=O) groups is 1. The number of rotatable bonds is 3. The van der Waals surface area contributed by atoms with Crippen molar-refractivity contribution in [1.29, 1.82) is 0 Å². The van der Waals surface area contributed by atoms with E-state index in [1.54, 1.807) is 0 Å². The van der Waals surface area contributed by atoms with Gasteiger partial charge in [-0.2, -0.15) is 0 Å². The summed E-state index contributed by atoms with van der Waals surface area (Å²) in [6.07, 6.45) is 3.81. The van der Waals surface area contributed by atoms with Gasteiger partial charge in [0.1, 0.15) is 0 Å². The van der Waals surface area contributed by atoms with Crippen LogP contribution >= 0.6 is 23.5 Å². The van der Waals surface area contributed by atoms with Crippen molar-refractivity contribution >= 4 is 40.6 Å². The highest BCUT2D eigenvalue weighted by molar-refractivity contribution is 8.00. The van der Waals surface area contributed by atoms with Crippen molar-refractivity contribution in [2.75, 3.05) is 23.0 Å². The van der Waals surface area contributed by atoms with Gasteiger partial charge in [0.2, 0.25) is 5.91 Å². The zero-order valence-electron chi connectivity index (χ0n) is 12.4. The van der Waals surface area contributed by atoms with Crippen LogP contribution in [0.3, 0.4) is 0 Å². The first-order valence-corrected chi connectivity index (χ1v) is 9.37. The molecule has 0 atom stereocenters. The number of aromatic nitrogens is 2. The van der Waals surface area contributed by atoms with Crippen LogP contribution in [0.1, 0.15) is 0 Å². The molecule has 0 fully saturated rings. The molecule has 3 aromatic rings. The monoisotopic (exact) mass is 341 g/mol. The summed E-state index contributed by atoms with van der Waals surface area (Å²) < 4.78 is 2.01. The summed E-state index contributed by atoms with van der Waals surface area (Å²) in [5, 5.41) is 0.855. The van der Waals surface area contributed by atoms with Crippen LogP contribution in [-0.4, -0.2) is 33.3 Å². The average Bonchev–Trinajstić information content (AvgIpc) is 3.02. The van der Waals surface area contributed by atoms with E-state index in [4.69, 9.17) is 0 Å². The van der Waals surface area contributed by atoms with Crippen LogP contribution < -0.4 is 4.90 Å². The highest BCUT2D eigenvalue weighted by atomic mass is 32.2. The van der Waals surface area contributed by atoms with Gasteiger partial charge < -0.3 is 4.90 Å². The maximum atomic E-state index is 12.7. The fraction of sp³-hybridized carbons (Fsp3) is 0.176. The summed E-state index contributed by atoms with van der Waals surface area (Å²) in [6.45, 7) is 0.767. The van der Waals surface area contributed by atoms with Gasteiger partial charge in [-0.05, 0) is 24.3 Å². The third kappa shape index (κ3) is 2.84. The standard InChI is InChI=1S/C17H15N3OS2/c21-16(20-9-10-22-15-7-2-1-6-14(15)20)12-23-17-18-11-13-5-3-4-8-19(13)17/h1-8,11H,9-10,12H2. The van der Waals surface area contributed by atoms with Crippen LogP contribution in [0.15, 0.2) is 64.9 Å². The molecule has 1 amide bonds. The van der Waals surface area contributed by atoms with Crippen molar-refractivity contribution < 1.29 is 4.79 Å². The van der Waals surface area contributed by atoms with E-state index in [0.717, 1.165) is 28.7 Å². The predicted molar refractivity (Wildman–Crippen MR) is 95.4 cm³/mol. The number of carbonyl (C=O) groups excluding carboxylic acids is 1. The lowest BCUT2D eigenvalue weighted by Gasteiger charge is -2.28. The lowest BCUT2D eigenvalue weighted by Crippen LogP contribution is -2.36. The Morgan fingerprint density at radius 1 is 1.22 bits per heavy atom. The first-order chi connectivity index (χ1) is 11.3. The van der Waals surface area contributed by atoms with Gasteiger partial charge >= 0.3 is 0 Å². The number of imidazole rings is 1. The van der Waals surface area contributed by atoms with E-state index in [-0.39, 0.29) is 5.91 Å². The Kier molecular flexibility index (Phi) is 4.01. The first kappa shape index (κ1) is 14.7. The maximum absolute atomic E-state index is 12.7. The van der Waals surface area contributed by atoms with E-state index in [9.17, 15) is 4.79 Å². The Balaban J connectivity index is 1.51. The quantitative estimate of drug-likeness (QED) is 0.683. The topological polar surface area (TPSA) is 37.6 Å². The summed E-state index contributed by atoms with van der Waals surface area (Å²) in [5.41, 5.74) is 2.07. The van der Waals surface area contributed by atoms with Crippen molar-refractivity contribution in [3.63, 3.8) is 0 Å². The van der Waals surface area contributed by atoms with Crippen LogP contribution in [-0.2, 0) is 4.79 Å². The normalized spacial score (nSPS) is 14.0. The first-order valence-electron chi connectivity index (χ1n) is 7.40. The number of hydrogen-bond donors (Lipinski definition) is 0. The summed E-state index contributed by atoms with van der Waals surface area (Å²) in [7, 11) is 0. The fourth-order valence-electron chi connectivity index (χ4n) is 2.66. The minimum atomic E-state index is 0.135. The largest absolute Gasteiger partial charge is 0.310 e. The van der Waals surface area contributed by atoms with Gasteiger partial charge in [0.05, 0.1) is 23.2 Å². The number of nitrogens with zero attached hydrogens (tertiary/aromatic N) is 3. The number of thioether (sulfide) groups is 2. The van der Waals surface area contributed by atoms with Crippen molar-refractivity contribution in [3.8, 4) is 0 Å². The molecule has 0 saturated heterocycles. The molecular formula is C17H15N3OS2. The number of fused-ring (bicyclic) bond motifs is 2. The maximum Gasteiger partial charge on any atom is 0.237 e. The molecule has 4 rings (SSSR count). The molecule has 1 aliphatic heterocycles. The van der Waals surface area contributed by atoms with Gasteiger partial charge in [-0.1, -0.05) is 30.0 Å². The van der Waals surface area contributed by atoms with Gasteiger partial charge in [0, 0.05) is 23.4 Å². The molecule has 0 aliphatic carbocycles. The fourth-order valence-corrected chi connectivity index (χ4v) is 4.49. The van der Waals surface area contributed by atoms with Crippen LogP contribution in [0.4, 0.5) is 5.69 Å². The Hall–Kier alpha value is -1.92. The highest BCUT2D eigenvalue weighted by Crippen LogP contribution is 2.34. The molecule has 116 valence electrons. The third-order valence-corrected chi connectivity index (χ3v) is 5.75. The number of anilines is 1.